The molecule has 0 radical (unpaired) electrons. The van der Waals surface area contributed by atoms with Crippen molar-refractivity contribution in [2.24, 2.45) is 0 Å². The first kappa shape index (κ1) is 24.4. The van der Waals surface area contributed by atoms with Gasteiger partial charge in [0.1, 0.15) is 0 Å². The molecule has 1 saturated heterocycles. The monoisotopic (exact) mass is 498 g/mol. The molecule has 0 bridgehead atoms. The van der Waals surface area contributed by atoms with E-state index < -0.39 is 0 Å². The van der Waals surface area contributed by atoms with Crippen LogP contribution in [0.4, 0.5) is 0 Å². The van der Waals surface area contributed by atoms with Gasteiger partial charge >= 0.3 is 0 Å². The number of nitrogens with zero attached hydrogens (tertiary/aromatic N) is 6. The third-order valence-corrected chi connectivity index (χ3v) is 7.03. The molecule has 1 aromatic heterocycles. The zero-order chi connectivity index (χ0) is 24.9. The van der Waals surface area contributed by atoms with Gasteiger partial charge in [-0.2, -0.15) is 4.68 Å². The molecule has 1 aliphatic rings. The lowest BCUT2D eigenvalue weighted by molar-refractivity contribution is 0.113. The molecule has 0 spiro atoms. The minimum absolute atomic E-state index is 0.0975. The van der Waals surface area contributed by atoms with E-state index in [0.717, 1.165) is 60.9 Å². The quantitative estimate of drug-likeness (QED) is 0.343. The minimum Gasteiger partial charge on any atom is -0.297 e. The van der Waals surface area contributed by atoms with Crippen molar-refractivity contribution in [1.29, 1.82) is 0 Å². The topological polar surface area (TPSA) is 50.1 Å². The Morgan fingerprint density at radius 2 is 1.61 bits per heavy atom. The molecule has 5 rings (SSSR count). The first-order valence-electron chi connectivity index (χ1n) is 12.4. The van der Waals surface area contributed by atoms with Crippen LogP contribution in [0.1, 0.15) is 34.1 Å². The Kier molecular flexibility index (Phi) is 7.56. The average molecular weight is 499 g/mol. The molecular formula is C29H31ClN6. The Labute approximate surface area is 217 Å². The number of aryl methyl sites for hydroxylation is 2. The van der Waals surface area contributed by atoms with E-state index in [1.807, 2.05) is 28.9 Å². The molecule has 6 nitrogen and oxygen atoms in total. The zero-order valence-corrected chi connectivity index (χ0v) is 21.5. The molecule has 4 aromatic rings. The molecule has 2 heterocycles. The van der Waals surface area contributed by atoms with E-state index in [1.54, 1.807) is 0 Å². The lowest BCUT2D eigenvalue weighted by atomic mass is 10.0. The summed E-state index contributed by atoms with van der Waals surface area (Å²) in [5, 5.41) is 13.8. The van der Waals surface area contributed by atoms with Crippen LogP contribution in [0.5, 0.6) is 0 Å². The maximum Gasteiger partial charge on any atom is 0.178 e. The summed E-state index contributed by atoms with van der Waals surface area (Å²) in [5.41, 5.74) is 5.65. The summed E-state index contributed by atoms with van der Waals surface area (Å²) in [5.74, 6) is 0.812. The Hall–Kier alpha value is -3.32. The van der Waals surface area contributed by atoms with Gasteiger partial charge < -0.3 is 0 Å². The van der Waals surface area contributed by atoms with Crippen molar-refractivity contribution in [2.45, 2.75) is 19.9 Å². The molecule has 0 unspecified atom stereocenters. The summed E-state index contributed by atoms with van der Waals surface area (Å²) in [6.45, 7) is 8.91. The average Bonchev–Trinajstić information content (AvgIpc) is 3.34. The summed E-state index contributed by atoms with van der Waals surface area (Å²) in [6.07, 6.45) is 4.45. The van der Waals surface area contributed by atoms with Gasteiger partial charge in [0, 0.05) is 37.7 Å². The zero-order valence-electron chi connectivity index (χ0n) is 20.8. The van der Waals surface area contributed by atoms with E-state index in [-0.39, 0.29) is 6.04 Å². The van der Waals surface area contributed by atoms with Gasteiger partial charge in [-0.3, -0.25) is 9.80 Å². The number of aromatic nitrogens is 4. The van der Waals surface area contributed by atoms with E-state index >= 15 is 0 Å². The third kappa shape index (κ3) is 5.41. The van der Waals surface area contributed by atoms with Crippen molar-refractivity contribution in [3.63, 3.8) is 0 Å². The lowest BCUT2D eigenvalue weighted by Gasteiger charge is -2.38. The highest BCUT2D eigenvalue weighted by molar-refractivity contribution is 6.30. The number of piperazine rings is 1. The van der Waals surface area contributed by atoms with Crippen molar-refractivity contribution < 1.29 is 0 Å². The third-order valence-electron chi connectivity index (χ3n) is 6.80. The molecule has 184 valence electrons. The van der Waals surface area contributed by atoms with Crippen LogP contribution >= 0.6 is 11.6 Å². The predicted octanol–water partition coefficient (Wildman–Crippen LogP) is 5.35. The number of hydrogen-bond donors (Lipinski definition) is 0. The van der Waals surface area contributed by atoms with Gasteiger partial charge in [0.25, 0.3) is 0 Å². The van der Waals surface area contributed by atoms with E-state index in [4.69, 9.17) is 11.6 Å². The van der Waals surface area contributed by atoms with Crippen LogP contribution in [-0.2, 0) is 0 Å². The van der Waals surface area contributed by atoms with Gasteiger partial charge in [0.05, 0.1) is 11.7 Å². The standard InChI is InChI=1S/C29H31ClN6/c1-22-9-6-10-23(2)27(22)36-29(31-32-33-36)28(25-14-7-15-26(30)21-25)35-19-17-34(18-20-35)16-8-13-24-11-4-3-5-12-24/h3-15,21,28H,16-20H2,1-2H3/b13-8+/t28-/m1/s1. The first-order chi connectivity index (χ1) is 17.6. The maximum absolute atomic E-state index is 6.43. The summed E-state index contributed by atoms with van der Waals surface area (Å²) >= 11 is 6.43. The second-order valence-corrected chi connectivity index (χ2v) is 9.73. The fourth-order valence-corrected chi connectivity index (χ4v) is 5.17. The minimum atomic E-state index is -0.0975. The lowest BCUT2D eigenvalue weighted by Crippen LogP contribution is -2.48. The summed E-state index contributed by atoms with van der Waals surface area (Å²) in [7, 11) is 0. The first-order valence-corrected chi connectivity index (χ1v) is 12.8. The number of tetrazole rings is 1. The van der Waals surface area contributed by atoms with Crippen molar-refractivity contribution >= 4 is 17.7 Å². The molecular weight excluding hydrogens is 468 g/mol. The Morgan fingerprint density at radius 1 is 0.889 bits per heavy atom. The Morgan fingerprint density at radius 3 is 2.33 bits per heavy atom. The fourth-order valence-electron chi connectivity index (χ4n) is 4.97. The highest BCUT2D eigenvalue weighted by atomic mass is 35.5. The van der Waals surface area contributed by atoms with Gasteiger partial charge in [-0.25, -0.2) is 0 Å². The normalized spacial score (nSPS) is 16.0. The van der Waals surface area contributed by atoms with Crippen LogP contribution < -0.4 is 0 Å². The van der Waals surface area contributed by atoms with Crippen molar-refractivity contribution in [2.75, 3.05) is 32.7 Å². The molecule has 0 amide bonds. The molecule has 7 heteroatoms. The van der Waals surface area contributed by atoms with Crippen LogP contribution in [-0.4, -0.2) is 62.7 Å². The van der Waals surface area contributed by atoms with Gasteiger partial charge in [-0.1, -0.05) is 84.4 Å². The molecule has 1 aliphatic heterocycles. The molecule has 0 aliphatic carbocycles. The second-order valence-electron chi connectivity index (χ2n) is 9.30. The van der Waals surface area contributed by atoms with Crippen molar-refractivity contribution in [3.8, 4) is 5.69 Å². The maximum atomic E-state index is 6.43. The molecule has 1 fully saturated rings. The fraction of sp³-hybridized carbons (Fsp3) is 0.276. The number of hydrogen-bond acceptors (Lipinski definition) is 5. The predicted molar refractivity (Wildman–Crippen MR) is 145 cm³/mol. The number of halogens is 1. The van der Waals surface area contributed by atoms with Crippen molar-refractivity contribution in [3.05, 3.63) is 112 Å². The smallest absolute Gasteiger partial charge is 0.178 e. The second kappa shape index (κ2) is 11.2. The van der Waals surface area contributed by atoms with Crippen LogP contribution in [0.25, 0.3) is 11.8 Å². The molecule has 0 saturated carbocycles. The highest BCUT2D eigenvalue weighted by Gasteiger charge is 2.31. The SMILES string of the molecule is Cc1cccc(C)c1-n1nnnc1[C@@H](c1cccc(Cl)c1)N1CCN(C/C=C/c2ccccc2)CC1. The summed E-state index contributed by atoms with van der Waals surface area (Å²) < 4.78 is 1.91. The Balaban J connectivity index is 1.39. The molecule has 1 atom stereocenters. The van der Waals surface area contributed by atoms with Crippen LogP contribution in [0.2, 0.25) is 5.02 Å². The van der Waals surface area contributed by atoms with E-state index in [1.165, 1.54) is 5.56 Å². The number of rotatable bonds is 7. The number of para-hydroxylation sites is 1. The van der Waals surface area contributed by atoms with E-state index in [2.05, 4.69) is 99.9 Å². The van der Waals surface area contributed by atoms with Crippen molar-refractivity contribution in [1.82, 2.24) is 30.0 Å². The van der Waals surface area contributed by atoms with Gasteiger partial charge in [-0.05, 0) is 58.7 Å². The largest absolute Gasteiger partial charge is 0.297 e. The molecule has 0 N–H and O–H groups in total. The summed E-state index contributed by atoms with van der Waals surface area (Å²) in [6, 6.07) is 24.7. The van der Waals surface area contributed by atoms with E-state index in [0.29, 0.717) is 5.02 Å². The number of benzene rings is 3. The molecule has 3 aromatic carbocycles. The van der Waals surface area contributed by atoms with Gasteiger partial charge in [0.2, 0.25) is 0 Å². The summed E-state index contributed by atoms with van der Waals surface area (Å²) in [4.78, 5) is 4.96. The van der Waals surface area contributed by atoms with Crippen LogP contribution in [0, 0.1) is 13.8 Å². The Bertz CT molecular complexity index is 1300. The molecule has 36 heavy (non-hydrogen) atoms. The van der Waals surface area contributed by atoms with Crippen LogP contribution in [0.3, 0.4) is 0 Å². The van der Waals surface area contributed by atoms with Gasteiger partial charge in [-0.15, -0.1) is 5.10 Å². The van der Waals surface area contributed by atoms with Gasteiger partial charge in [0.15, 0.2) is 5.82 Å². The van der Waals surface area contributed by atoms with Crippen LogP contribution in [0.15, 0.2) is 78.9 Å². The van der Waals surface area contributed by atoms with E-state index in [9.17, 15) is 0 Å². The highest BCUT2D eigenvalue weighted by Crippen LogP contribution is 2.32.